The van der Waals surface area contributed by atoms with Crippen LogP contribution in [0.25, 0.3) is 0 Å². The Kier molecular flexibility index (Phi) is 3.64. The lowest BCUT2D eigenvalue weighted by molar-refractivity contribution is -0.384. The van der Waals surface area contributed by atoms with Crippen LogP contribution in [0, 0.1) is 10.1 Å². The Bertz CT molecular complexity index is 450. The Morgan fingerprint density at radius 1 is 1.61 bits per heavy atom. The van der Waals surface area contributed by atoms with Crippen LogP contribution in [-0.4, -0.2) is 29.5 Å². The number of rotatable bonds is 4. The highest BCUT2D eigenvalue weighted by Gasteiger charge is 2.25. The molecular weight excluding hydrogens is 232 g/mol. The zero-order valence-corrected chi connectivity index (χ0v) is 10.7. The van der Waals surface area contributed by atoms with Crippen molar-refractivity contribution in [1.82, 2.24) is 4.98 Å². The highest BCUT2D eigenvalue weighted by molar-refractivity contribution is 5.56. The van der Waals surface area contributed by atoms with Crippen molar-refractivity contribution in [3.63, 3.8) is 0 Å². The van der Waals surface area contributed by atoms with Crippen LogP contribution in [0.15, 0.2) is 12.1 Å². The number of hydrogen-bond donors (Lipinski definition) is 1. The van der Waals surface area contributed by atoms with Gasteiger partial charge in [0.15, 0.2) is 0 Å². The molecule has 1 atom stereocenters. The predicted octanol–water partition coefficient (Wildman–Crippen LogP) is 2.41. The molecule has 1 saturated heterocycles. The van der Waals surface area contributed by atoms with Crippen LogP contribution in [0.4, 0.5) is 17.3 Å². The van der Waals surface area contributed by atoms with Gasteiger partial charge in [-0.1, -0.05) is 6.92 Å². The Balaban J connectivity index is 2.37. The molecule has 0 amide bonds. The van der Waals surface area contributed by atoms with Crippen molar-refractivity contribution in [1.29, 1.82) is 0 Å². The fourth-order valence-electron chi connectivity index (χ4n) is 2.44. The van der Waals surface area contributed by atoms with Crippen molar-refractivity contribution in [3.05, 3.63) is 22.2 Å². The number of aromatic nitrogens is 1. The SMILES string of the molecule is CCC1CCCN1c1cc([N+](=O)[O-])cc(NC)n1. The van der Waals surface area contributed by atoms with Gasteiger partial charge in [-0.3, -0.25) is 10.1 Å². The van der Waals surface area contributed by atoms with E-state index in [0.717, 1.165) is 25.8 Å². The summed E-state index contributed by atoms with van der Waals surface area (Å²) in [5.41, 5.74) is 0.0890. The van der Waals surface area contributed by atoms with Crippen molar-refractivity contribution in [2.75, 3.05) is 23.8 Å². The standard InChI is InChI=1S/C12H18N4O2/c1-3-9-5-4-6-15(9)12-8-10(16(17)18)7-11(13-2)14-12/h7-9H,3-6H2,1-2H3,(H,13,14). The van der Waals surface area contributed by atoms with Gasteiger partial charge >= 0.3 is 0 Å². The van der Waals surface area contributed by atoms with Gasteiger partial charge in [-0.2, -0.15) is 0 Å². The first-order chi connectivity index (χ1) is 8.65. The molecule has 18 heavy (non-hydrogen) atoms. The summed E-state index contributed by atoms with van der Waals surface area (Å²) < 4.78 is 0. The zero-order chi connectivity index (χ0) is 13.1. The summed E-state index contributed by atoms with van der Waals surface area (Å²) in [7, 11) is 1.72. The van der Waals surface area contributed by atoms with Gasteiger partial charge < -0.3 is 10.2 Å². The topological polar surface area (TPSA) is 71.3 Å². The molecule has 1 aromatic rings. The highest BCUT2D eigenvalue weighted by Crippen LogP contribution is 2.29. The number of nitro groups is 1. The summed E-state index contributed by atoms with van der Waals surface area (Å²) in [4.78, 5) is 17.1. The molecule has 1 aliphatic rings. The van der Waals surface area contributed by atoms with E-state index in [4.69, 9.17) is 0 Å². The first-order valence-corrected chi connectivity index (χ1v) is 6.26. The molecule has 1 aliphatic heterocycles. The van der Waals surface area contributed by atoms with E-state index in [-0.39, 0.29) is 10.6 Å². The van der Waals surface area contributed by atoms with Crippen molar-refractivity contribution >= 4 is 17.3 Å². The van der Waals surface area contributed by atoms with Gasteiger partial charge in [0.05, 0.1) is 17.1 Å². The Labute approximate surface area is 106 Å². The van der Waals surface area contributed by atoms with Gasteiger partial charge in [-0.05, 0) is 19.3 Å². The second-order valence-corrected chi connectivity index (χ2v) is 4.47. The van der Waals surface area contributed by atoms with Crippen molar-refractivity contribution in [3.8, 4) is 0 Å². The summed E-state index contributed by atoms with van der Waals surface area (Å²) in [5.74, 6) is 1.25. The number of hydrogen-bond acceptors (Lipinski definition) is 5. The summed E-state index contributed by atoms with van der Waals surface area (Å²) in [6.45, 7) is 3.06. The minimum Gasteiger partial charge on any atom is -0.373 e. The van der Waals surface area contributed by atoms with Gasteiger partial charge in [-0.15, -0.1) is 0 Å². The van der Waals surface area contributed by atoms with E-state index in [1.54, 1.807) is 13.1 Å². The normalized spacial score (nSPS) is 19.0. The number of anilines is 2. The second kappa shape index (κ2) is 5.20. The number of pyridine rings is 1. The third-order valence-electron chi connectivity index (χ3n) is 3.41. The molecule has 1 N–H and O–H groups in total. The van der Waals surface area contributed by atoms with Crippen LogP contribution in [0.1, 0.15) is 26.2 Å². The van der Waals surface area contributed by atoms with Gasteiger partial charge in [0, 0.05) is 19.6 Å². The predicted molar refractivity (Wildman–Crippen MR) is 71.1 cm³/mol. The minimum atomic E-state index is -0.372. The molecule has 0 saturated carbocycles. The van der Waals surface area contributed by atoms with Gasteiger partial charge in [-0.25, -0.2) is 4.98 Å². The average molecular weight is 250 g/mol. The molecule has 0 radical (unpaired) electrons. The Hall–Kier alpha value is -1.85. The molecule has 6 nitrogen and oxygen atoms in total. The maximum Gasteiger partial charge on any atom is 0.276 e. The van der Waals surface area contributed by atoms with Crippen LogP contribution in [0.3, 0.4) is 0 Å². The van der Waals surface area contributed by atoms with Crippen molar-refractivity contribution in [2.24, 2.45) is 0 Å². The highest BCUT2D eigenvalue weighted by atomic mass is 16.6. The minimum absolute atomic E-state index is 0.0890. The van der Waals surface area contributed by atoms with Crippen LogP contribution in [0.2, 0.25) is 0 Å². The van der Waals surface area contributed by atoms with Crippen LogP contribution in [-0.2, 0) is 0 Å². The lowest BCUT2D eigenvalue weighted by Crippen LogP contribution is -2.29. The van der Waals surface area contributed by atoms with Crippen molar-refractivity contribution < 1.29 is 4.92 Å². The number of nitrogens with zero attached hydrogens (tertiary/aromatic N) is 3. The summed E-state index contributed by atoms with van der Waals surface area (Å²) >= 11 is 0. The molecule has 1 fully saturated rings. The largest absolute Gasteiger partial charge is 0.373 e. The van der Waals surface area contributed by atoms with Gasteiger partial charge in [0.2, 0.25) is 0 Å². The fraction of sp³-hybridized carbons (Fsp3) is 0.583. The Morgan fingerprint density at radius 3 is 3.00 bits per heavy atom. The quantitative estimate of drug-likeness (QED) is 0.656. The maximum absolute atomic E-state index is 10.9. The third kappa shape index (κ3) is 2.37. The fourth-order valence-corrected chi connectivity index (χ4v) is 2.44. The van der Waals surface area contributed by atoms with E-state index >= 15 is 0 Å². The lowest BCUT2D eigenvalue weighted by Gasteiger charge is -2.24. The molecule has 1 aromatic heterocycles. The van der Waals surface area contributed by atoms with Gasteiger partial charge in [0.25, 0.3) is 5.69 Å². The average Bonchev–Trinajstić information content (AvgIpc) is 2.86. The molecule has 98 valence electrons. The second-order valence-electron chi connectivity index (χ2n) is 4.47. The zero-order valence-electron chi connectivity index (χ0n) is 10.7. The van der Waals surface area contributed by atoms with Crippen LogP contribution in [0.5, 0.6) is 0 Å². The summed E-state index contributed by atoms with van der Waals surface area (Å²) in [6, 6.07) is 3.47. The summed E-state index contributed by atoms with van der Waals surface area (Å²) in [5, 5.41) is 13.8. The van der Waals surface area contributed by atoms with E-state index in [1.807, 2.05) is 0 Å². The van der Waals surface area contributed by atoms with E-state index < -0.39 is 0 Å². The molecule has 0 aromatic carbocycles. The molecule has 0 bridgehead atoms. The molecular formula is C12H18N4O2. The molecule has 0 spiro atoms. The first kappa shape index (κ1) is 12.6. The lowest BCUT2D eigenvalue weighted by atomic mass is 10.2. The number of nitrogens with one attached hydrogen (secondary N) is 1. The monoisotopic (exact) mass is 250 g/mol. The van der Waals surface area contributed by atoms with Crippen LogP contribution < -0.4 is 10.2 Å². The van der Waals surface area contributed by atoms with Crippen LogP contribution >= 0.6 is 0 Å². The maximum atomic E-state index is 10.9. The van der Waals surface area contributed by atoms with Gasteiger partial charge in [0.1, 0.15) is 11.6 Å². The summed E-state index contributed by atoms with van der Waals surface area (Å²) in [6.07, 6.45) is 3.30. The molecule has 0 aliphatic carbocycles. The van der Waals surface area contributed by atoms with E-state index in [9.17, 15) is 10.1 Å². The first-order valence-electron chi connectivity index (χ1n) is 6.26. The van der Waals surface area contributed by atoms with E-state index in [0.29, 0.717) is 17.7 Å². The van der Waals surface area contributed by atoms with E-state index in [1.165, 1.54) is 6.07 Å². The molecule has 2 heterocycles. The van der Waals surface area contributed by atoms with Crippen molar-refractivity contribution in [2.45, 2.75) is 32.2 Å². The third-order valence-corrected chi connectivity index (χ3v) is 3.41. The smallest absolute Gasteiger partial charge is 0.276 e. The Morgan fingerprint density at radius 2 is 2.39 bits per heavy atom. The van der Waals surface area contributed by atoms with E-state index in [2.05, 4.69) is 22.1 Å². The molecule has 6 heteroatoms. The molecule has 2 rings (SSSR count). The molecule has 1 unspecified atom stereocenters.